The molecule has 1 unspecified atom stereocenters. The third-order valence-electron chi connectivity index (χ3n) is 7.19. The smallest absolute Gasteiger partial charge is 0.232 e. The van der Waals surface area contributed by atoms with Gasteiger partial charge in [0, 0.05) is 26.3 Å². The van der Waals surface area contributed by atoms with Crippen molar-refractivity contribution in [3.05, 3.63) is 64.6 Å². The standard InChI is InChI=1S/C28H35N7O3S/c1-17-10-11-23(25(13-17)34(5)39(6,36)37)33-24-15-21(14-22-16-29-18(2)19(3)30-22)32-28-27(24)31-20(4)35(28)26-9-7-8-12-38-26/h10-11,13,15-16,26H,7-9,12,14H2,1-6H3,(H,32,33). The quantitative estimate of drug-likeness (QED) is 0.347. The molecule has 5 rings (SSSR count). The van der Waals surface area contributed by atoms with Gasteiger partial charge in [-0.25, -0.2) is 18.4 Å². The first-order valence-corrected chi connectivity index (χ1v) is 15.0. The van der Waals surface area contributed by atoms with Gasteiger partial charge in [-0.3, -0.25) is 18.8 Å². The van der Waals surface area contributed by atoms with Gasteiger partial charge in [0.05, 0.1) is 46.1 Å². The van der Waals surface area contributed by atoms with Gasteiger partial charge in [-0.2, -0.15) is 0 Å². The van der Waals surface area contributed by atoms with Crippen LogP contribution in [0.2, 0.25) is 0 Å². The molecule has 206 valence electrons. The van der Waals surface area contributed by atoms with Crippen molar-refractivity contribution in [2.45, 2.75) is 59.6 Å². The molecule has 1 aliphatic rings. The molecule has 0 aliphatic carbocycles. The van der Waals surface area contributed by atoms with Gasteiger partial charge < -0.3 is 10.1 Å². The molecule has 0 radical (unpaired) electrons. The maximum absolute atomic E-state index is 12.4. The molecule has 1 N–H and O–H groups in total. The summed E-state index contributed by atoms with van der Waals surface area (Å²) in [5.41, 5.74) is 7.71. The number of ether oxygens (including phenoxy) is 1. The molecule has 1 fully saturated rings. The van der Waals surface area contributed by atoms with Crippen LogP contribution in [0.15, 0.2) is 30.5 Å². The van der Waals surface area contributed by atoms with Crippen molar-refractivity contribution in [3.8, 4) is 0 Å². The van der Waals surface area contributed by atoms with Crippen LogP contribution in [-0.2, 0) is 21.2 Å². The number of imidazole rings is 1. The summed E-state index contributed by atoms with van der Waals surface area (Å²) >= 11 is 0. The highest BCUT2D eigenvalue weighted by Gasteiger charge is 2.24. The SMILES string of the molecule is Cc1ccc(Nc2cc(Cc3cnc(C)c(C)n3)nc3c2nc(C)n3C2CCCCO2)c(N(C)S(C)(=O)=O)c1. The summed E-state index contributed by atoms with van der Waals surface area (Å²) in [7, 11) is -1.92. The van der Waals surface area contributed by atoms with E-state index >= 15 is 0 Å². The van der Waals surface area contributed by atoms with E-state index in [1.54, 1.807) is 13.2 Å². The van der Waals surface area contributed by atoms with E-state index in [2.05, 4.69) is 14.9 Å². The third-order valence-corrected chi connectivity index (χ3v) is 8.38. The van der Waals surface area contributed by atoms with Gasteiger partial charge in [0.2, 0.25) is 10.0 Å². The molecule has 1 saturated heterocycles. The predicted octanol–water partition coefficient (Wildman–Crippen LogP) is 4.88. The number of fused-ring (bicyclic) bond motifs is 1. The van der Waals surface area contributed by atoms with Crippen LogP contribution < -0.4 is 9.62 Å². The lowest BCUT2D eigenvalue weighted by atomic mass is 10.1. The molecule has 0 amide bonds. The highest BCUT2D eigenvalue weighted by atomic mass is 32.2. The lowest BCUT2D eigenvalue weighted by Crippen LogP contribution is -2.25. The summed E-state index contributed by atoms with van der Waals surface area (Å²) in [6.45, 7) is 8.50. The monoisotopic (exact) mass is 549 g/mol. The Bertz CT molecular complexity index is 1640. The Morgan fingerprint density at radius 2 is 1.82 bits per heavy atom. The van der Waals surface area contributed by atoms with Crippen molar-refractivity contribution in [2.24, 2.45) is 0 Å². The van der Waals surface area contributed by atoms with E-state index in [-0.39, 0.29) is 6.23 Å². The Kier molecular flexibility index (Phi) is 7.30. The van der Waals surface area contributed by atoms with E-state index < -0.39 is 10.0 Å². The number of nitrogens with zero attached hydrogens (tertiary/aromatic N) is 6. The summed E-state index contributed by atoms with van der Waals surface area (Å²) in [6, 6.07) is 7.65. The van der Waals surface area contributed by atoms with E-state index in [0.717, 1.165) is 64.8 Å². The minimum absolute atomic E-state index is 0.132. The van der Waals surface area contributed by atoms with Crippen LogP contribution in [0.3, 0.4) is 0 Å². The van der Waals surface area contributed by atoms with Crippen molar-refractivity contribution in [2.75, 3.05) is 29.5 Å². The largest absolute Gasteiger partial charge is 0.358 e. The van der Waals surface area contributed by atoms with Gasteiger partial charge in [-0.15, -0.1) is 0 Å². The van der Waals surface area contributed by atoms with Crippen LogP contribution in [0, 0.1) is 27.7 Å². The second-order valence-electron chi connectivity index (χ2n) is 10.3. The minimum atomic E-state index is -3.47. The first-order chi connectivity index (χ1) is 18.5. The fraction of sp³-hybridized carbons (Fsp3) is 0.429. The van der Waals surface area contributed by atoms with Gasteiger partial charge in [0.1, 0.15) is 17.6 Å². The molecule has 1 aliphatic heterocycles. The number of pyridine rings is 1. The summed E-state index contributed by atoms with van der Waals surface area (Å²) in [4.78, 5) is 19.1. The highest BCUT2D eigenvalue weighted by molar-refractivity contribution is 7.92. The van der Waals surface area contributed by atoms with E-state index in [0.29, 0.717) is 29.9 Å². The van der Waals surface area contributed by atoms with Crippen LogP contribution in [0.5, 0.6) is 0 Å². The average Bonchev–Trinajstić information content (AvgIpc) is 3.22. The molecule has 3 aromatic heterocycles. The van der Waals surface area contributed by atoms with Crippen LogP contribution in [0.1, 0.15) is 59.7 Å². The van der Waals surface area contributed by atoms with Crippen LogP contribution >= 0.6 is 0 Å². The van der Waals surface area contributed by atoms with E-state index in [9.17, 15) is 8.42 Å². The maximum Gasteiger partial charge on any atom is 0.232 e. The normalized spacial score (nSPS) is 16.0. The van der Waals surface area contributed by atoms with Crippen molar-refractivity contribution >= 4 is 38.2 Å². The molecular formula is C28H35N7O3S. The zero-order chi connectivity index (χ0) is 27.9. The number of aryl methyl sites for hydroxylation is 4. The number of aromatic nitrogens is 5. The molecule has 39 heavy (non-hydrogen) atoms. The van der Waals surface area contributed by atoms with Gasteiger partial charge in [-0.1, -0.05) is 6.07 Å². The second kappa shape index (κ2) is 10.5. The number of anilines is 3. The first-order valence-electron chi connectivity index (χ1n) is 13.1. The Balaban J connectivity index is 1.65. The molecule has 4 aromatic rings. The minimum Gasteiger partial charge on any atom is -0.358 e. The first kappa shape index (κ1) is 27.0. The fourth-order valence-corrected chi connectivity index (χ4v) is 5.38. The zero-order valence-electron chi connectivity index (χ0n) is 23.3. The van der Waals surface area contributed by atoms with E-state index in [1.165, 1.54) is 10.6 Å². The molecule has 10 nitrogen and oxygen atoms in total. The average molecular weight is 550 g/mol. The Morgan fingerprint density at radius 1 is 1.03 bits per heavy atom. The molecule has 11 heteroatoms. The topological polar surface area (TPSA) is 115 Å². The Hall–Kier alpha value is -3.57. The van der Waals surface area contributed by atoms with Crippen molar-refractivity contribution < 1.29 is 13.2 Å². The lowest BCUT2D eigenvalue weighted by molar-refractivity contribution is -0.0309. The van der Waals surface area contributed by atoms with Gasteiger partial charge in [0.25, 0.3) is 0 Å². The Labute approximate surface area is 229 Å². The van der Waals surface area contributed by atoms with Crippen LogP contribution in [0.4, 0.5) is 17.1 Å². The fourth-order valence-electron chi connectivity index (χ4n) is 4.87. The number of hydrogen-bond donors (Lipinski definition) is 1. The highest BCUT2D eigenvalue weighted by Crippen LogP contribution is 2.36. The molecule has 0 spiro atoms. The second-order valence-corrected chi connectivity index (χ2v) is 12.3. The Morgan fingerprint density at radius 3 is 2.51 bits per heavy atom. The van der Waals surface area contributed by atoms with Gasteiger partial charge >= 0.3 is 0 Å². The maximum atomic E-state index is 12.4. The lowest BCUT2D eigenvalue weighted by Gasteiger charge is -2.25. The van der Waals surface area contributed by atoms with Crippen molar-refractivity contribution in [3.63, 3.8) is 0 Å². The predicted molar refractivity (Wildman–Crippen MR) is 153 cm³/mol. The molecule has 0 saturated carbocycles. The number of rotatable bonds is 7. The summed E-state index contributed by atoms with van der Waals surface area (Å²) < 4.78 is 34.4. The van der Waals surface area contributed by atoms with E-state index in [4.69, 9.17) is 19.7 Å². The molecule has 1 aromatic carbocycles. The summed E-state index contributed by atoms with van der Waals surface area (Å²) in [6.07, 6.45) is 6.35. The number of benzene rings is 1. The van der Waals surface area contributed by atoms with Crippen molar-refractivity contribution in [1.82, 2.24) is 24.5 Å². The zero-order valence-corrected chi connectivity index (χ0v) is 24.1. The molecule has 4 heterocycles. The molecule has 1 atom stereocenters. The van der Waals surface area contributed by atoms with Gasteiger partial charge in [-0.05, 0) is 70.7 Å². The van der Waals surface area contributed by atoms with Crippen LogP contribution in [-0.4, -0.2) is 52.8 Å². The number of hydrogen-bond acceptors (Lipinski definition) is 8. The third kappa shape index (κ3) is 5.60. The van der Waals surface area contributed by atoms with Gasteiger partial charge in [0.15, 0.2) is 5.65 Å². The van der Waals surface area contributed by atoms with Crippen LogP contribution in [0.25, 0.3) is 11.2 Å². The molecule has 0 bridgehead atoms. The number of sulfonamides is 1. The van der Waals surface area contributed by atoms with Crippen molar-refractivity contribution in [1.29, 1.82) is 0 Å². The summed E-state index contributed by atoms with van der Waals surface area (Å²) in [5, 5.41) is 3.49. The summed E-state index contributed by atoms with van der Waals surface area (Å²) in [5.74, 6) is 0.813. The molecular weight excluding hydrogens is 514 g/mol. The van der Waals surface area contributed by atoms with E-state index in [1.807, 2.05) is 52.0 Å². The number of nitrogens with one attached hydrogen (secondary N) is 1.